The van der Waals surface area contributed by atoms with Crippen molar-refractivity contribution >= 4 is 23.5 Å². The lowest BCUT2D eigenvalue weighted by Gasteiger charge is -2.31. The summed E-state index contributed by atoms with van der Waals surface area (Å²) in [4.78, 5) is 24.5. The number of hydrogen-bond donors (Lipinski definition) is 3. The molecule has 0 aromatic heterocycles. The van der Waals surface area contributed by atoms with E-state index in [2.05, 4.69) is 5.32 Å². The van der Waals surface area contributed by atoms with E-state index in [0.29, 0.717) is 5.69 Å². The number of amidine groups is 1. The fourth-order valence-corrected chi connectivity index (χ4v) is 1.68. The molecule has 88 valence electrons. The molecule has 6 heteroatoms. The first-order chi connectivity index (χ1) is 8.09. The van der Waals surface area contributed by atoms with Gasteiger partial charge in [-0.05, 0) is 12.1 Å². The first-order valence-electron chi connectivity index (χ1n) is 5.11. The van der Waals surface area contributed by atoms with Gasteiger partial charge in [0.2, 0.25) is 5.91 Å². The number of benzene rings is 1. The number of para-hydroxylation sites is 1. The first-order valence-corrected chi connectivity index (χ1v) is 5.11. The van der Waals surface area contributed by atoms with E-state index in [1.807, 2.05) is 6.07 Å². The fourth-order valence-electron chi connectivity index (χ4n) is 1.68. The molecule has 1 fully saturated rings. The Morgan fingerprint density at radius 1 is 1.35 bits per heavy atom. The highest BCUT2D eigenvalue weighted by Gasteiger charge is 2.34. The Hall–Kier alpha value is -2.37. The lowest BCUT2D eigenvalue weighted by molar-refractivity contribution is -0.122. The van der Waals surface area contributed by atoms with Gasteiger partial charge in [0, 0.05) is 12.2 Å². The quantitative estimate of drug-likeness (QED) is 0.505. The van der Waals surface area contributed by atoms with Crippen LogP contribution in [0.15, 0.2) is 30.3 Å². The number of carbonyl (C=O) groups excluding carboxylic acids is 2. The monoisotopic (exact) mass is 232 g/mol. The summed E-state index contributed by atoms with van der Waals surface area (Å²) >= 11 is 0. The molecule has 2 rings (SSSR count). The van der Waals surface area contributed by atoms with Crippen LogP contribution >= 0.6 is 0 Å². The zero-order valence-corrected chi connectivity index (χ0v) is 9.01. The molecule has 1 aliphatic heterocycles. The average Bonchev–Trinajstić information content (AvgIpc) is 2.29. The van der Waals surface area contributed by atoms with Crippen LogP contribution in [0.1, 0.15) is 0 Å². The molecular formula is C11H12N4O2. The molecule has 1 aliphatic rings. The van der Waals surface area contributed by atoms with Crippen molar-refractivity contribution in [1.82, 2.24) is 5.32 Å². The minimum Gasteiger partial charge on any atom is -0.387 e. The molecule has 0 bridgehead atoms. The van der Waals surface area contributed by atoms with Crippen molar-refractivity contribution in [3.63, 3.8) is 0 Å². The molecule has 17 heavy (non-hydrogen) atoms. The van der Waals surface area contributed by atoms with Crippen LogP contribution in [-0.2, 0) is 4.79 Å². The van der Waals surface area contributed by atoms with Crippen molar-refractivity contribution < 1.29 is 9.59 Å². The Labute approximate surface area is 97.9 Å². The van der Waals surface area contributed by atoms with Crippen LogP contribution in [0.25, 0.3) is 0 Å². The van der Waals surface area contributed by atoms with E-state index in [9.17, 15) is 9.59 Å². The second-order valence-electron chi connectivity index (χ2n) is 3.75. The lowest BCUT2D eigenvalue weighted by Crippen LogP contribution is -2.57. The van der Waals surface area contributed by atoms with Crippen molar-refractivity contribution in [2.45, 2.75) is 0 Å². The van der Waals surface area contributed by atoms with Gasteiger partial charge in [0.15, 0.2) is 0 Å². The maximum atomic E-state index is 11.7. The van der Waals surface area contributed by atoms with Crippen molar-refractivity contribution in [2.75, 3.05) is 11.4 Å². The van der Waals surface area contributed by atoms with E-state index in [1.54, 1.807) is 24.3 Å². The SMILES string of the molecule is N=C(N)[C@@H]1CN(c2ccccc2)C(=O)NC1=O. The van der Waals surface area contributed by atoms with E-state index in [1.165, 1.54) is 4.90 Å². The molecule has 0 spiro atoms. The lowest BCUT2D eigenvalue weighted by atomic mass is 10.0. The maximum absolute atomic E-state index is 11.7. The van der Waals surface area contributed by atoms with Crippen LogP contribution in [0.3, 0.4) is 0 Å². The van der Waals surface area contributed by atoms with Gasteiger partial charge in [-0.25, -0.2) is 4.79 Å². The van der Waals surface area contributed by atoms with E-state index >= 15 is 0 Å². The summed E-state index contributed by atoms with van der Waals surface area (Å²) in [5, 5.41) is 9.50. The minimum atomic E-state index is -0.784. The molecular weight excluding hydrogens is 220 g/mol. The average molecular weight is 232 g/mol. The Morgan fingerprint density at radius 2 is 2.00 bits per heavy atom. The molecule has 3 amide bonds. The molecule has 0 aliphatic carbocycles. The summed E-state index contributed by atoms with van der Waals surface area (Å²) in [5.74, 6) is -1.54. The molecule has 1 atom stereocenters. The standard InChI is InChI=1S/C11H12N4O2/c12-9(13)8-6-15(11(17)14-10(8)16)7-4-2-1-3-5-7/h1-5,8H,6H2,(H3,12,13)(H,14,16,17)/t8-/m0/s1. The number of anilines is 1. The molecule has 0 saturated carbocycles. The van der Waals surface area contributed by atoms with Crippen molar-refractivity contribution in [3.8, 4) is 0 Å². The molecule has 1 aromatic rings. The third-order valence-corrected chi connectivity index (χ3v) is 2.60. The van der Waals surface area contributed by atoms with Gasteiger partial charge in [-0.1, -0.05) is 18.2 Å². The van der Waals surface area contributed by atoms with Gasteiger partial charge in [-0.2, -0.15) is 0 Å². The second kappa shape index (κ2) is 4.25. The number of rotatable bonds is 2. The Bertz CT molecular complexity index is 472. The summed E-state index contributed by atoms with van der Waals surface area (Å²) in [6, 6.07) is 8.44. The highest BCUT2D eigenvalue weighted by Crippen LogP contribution is 2.18. The molecule has 4 N–H and O–H groups in total. The zero-order valence-electron chi connectivity index (χ0n) is 9.01. The Balaban J connectivity index is 2.27. The minimum absolute atomic E-state index is 0.101. The fraction of sp³-hybridized carbons (Fsp3) is 0.182. The van der Waals surface area contributed by atoms with Gasteiger partial charge in [0.05, 0.1) is 0 Å². The van der Waals surface area contributed by atoms with Crippen molar-refractivity contribution in [2.24, 2.45) is 11.7 Å². The number of nitrogens with zero attached hydrogens (tertiary/aromatic N) is 1. The van der Waals surface area contributed by atoms with Crippen LogP contribution < -0.4 is 16.0 Å². The number of imide groups is 1. The second-order valence-corrected chi connectivity index (χ2v) is 3.75. The van der Waals surface area contributed by atoms with Crippen molar-refractivity contribution in [1.29, 1.82) is 5.41 Å². The van der Waals surface area contributed by atoms with E-state index in [4.69, 9.17) is 11.1 Å². The number of carbonyl (C=O) groups is 2. The normalized spacial score (nSPS) is 20.0. The zero-order chi connectivity index (χ0) is 12.4. The van der Waals surface area contributed by atoms with Gasteiger partial charge in [-0.15, -0.1) is 0 Å². The third kappa shape index (κ3) is 2.10. The Morgan fingerprint density at radius 3 is 2.59 bits per heavy atom. The summed E-state index contributed by atoms with van der Waals surface area (Å²) in [5.41, 5.74) is 6.00. The predicted octanol–water partition coefficient (Wildman–Crippen LogP) is 0.295. The topological polar surface area (TPSA) is 99.3 Å². The third-order valence-electron chi connectivity index (χ3n) is 2.60. The van der Waals surface area contributed by atoms with Gasteiger partial charge in [-0.3, -0.25) is 20.4 Å². The summed E-state index contributed by atoms with van der Waals surface area (Å²) < 4.78 is 0. The Kier molecular flexibility index (Phi) is 2.78. The number of nitrogens with one attached hydrogen (secondary N) is 2. The van der Waals surface area contributed by atoms with Crippen LogP contribution in [0.2, 0.25) is 0 Å². The number of nitrogens with two attached hydrogens (primary N) is 1. The summed E-state index contributed by atoms with van der Waals surface area (Å²) in [7, 11) is 0. The number of urea groups is 1. The molecule has 0 unspecified atom stereocenters. The van der Waals surface area contributed by atoms with E-state index < -0.39 is 17.9 Å². The first kappa shape index (κ1) is 11.1. The van der Waals surface area contributed by atoms with E-state index in [0.717, 1.165) is 0 Å². The van der Waals surface area contributed by atoms with Crippen LogP contribution in [0, 0.1) is 11.3 Å². The van der Waals surface area contributed by atoms with Crippen LogP contribution in [-0.4, -0.2) is 24.3 Å². The highest BCUT2D eigenvalue weighted by molar-refractivity contribution is 6.13. The van der Waals surface area contributed by atoms with Gasteiger partial charge >= 0.3 is 6.03 Å². The van der Waals surface area contributed by atoms with Crippen LogP contribution in [0.5, 0.6) is 0 Å². The largest absolute Gasteiger partial charge is 0.387 e. The number of amides is 3. The summed E-state index contributed by atoms with van der Waals surface area (Å²) in [6.07, 6.45) is 0. The van der Waals surface area contributed by atoms with Gasteiger partial charge < -0.3 is 5.73 Å². The maximum Gasteiger partial charge on any atom is 0.328 e. The molecule has 0 radical (unpaired) electrons. The predicted molar refractivity (Wildman–Crippen MR) is 62.7 cm³/mol. The highest BCUT2D eigenvalue weighted by atomic mass is 16.2. The van der Waals surface area contributed by atoms with E-state index in [-0.39, 0.29) is 12.4 Å². The summed E-state index contributed by atoms with van der Waals surface area (Å²) in [6.45, 7) is 0.101. The smallest absolute Gasteiger partial charge is 0.328 e. The molecule has 1 heterocycles. The van der Waals surface area contributed by atoms with Gasteiger partial charge in [0.25, 0.3) is 0 Å². The van der Waals surface area contributed by atoms with Crippen molar-refractivity contribution in [3.05, 3.63) is 30.3 Å². The van der Waals surface area contributed by atoms with Gasteiger partial charge in [0.1, 0.15) is 11.8 Å². The molecule has 6 nitrogen and oxygen atoms in total. The molecule has 1 saturated heterocycles. The molecule has 1 aromatic carbocycles. The van der Waals surface area contributed by atoms with Crippen LogP contribution in [0.4, 0.5) is 10.5 Å². The number of hydrogen-bond acceptors (Lipinski definition) is 3.